The van der Waals surface area contributed by atoms with E-state index >= 15 is 0 Å². The van der Waals surface area contributed by atoms with Crippen LogP contribution < -0.4 is 5.32 Å². The second-order valence-electron chi connectivity index (χ2n) is 6.23. The topological polar surface area (TPSA) is 108 Å². The second kappa shape index (κ2) is 8.65. The number of carbonyl (C=O) groups is 1. The number of anilines is 1. The zero-order valence-electron chi connectivity index (χ0n) is 15.4. The van der Waals surface area contributed by atoms with Crippen LogP contribution in [0.5, 0.6) is 0 Å². The molecule has 0 atom stereocenters. The van der Waals surface area contributed by atoms with Gasteiger partial charge in [0.25, 0.3) is 6.43 Å². The molecule has 0 radical (unpaired) electrons. The molecule has 0 saturated carbocycles. The van der Waals surface area contributed by atoms with Crippen molar-refractivity contribution in [3.63, 3.8) is 0 Å². The highest BCUT2D eigenvalue weighted by Crippen LogP contribution is 2.30. The molecule has 2 aromatic heterocycles. The van der Waals surface area contributed by atoms with Crippen molar-refractivity contribution in [1.29, 1.82) is 0 Å². The Kier molecular flexibility index (Phi) is 6.20. The largest absolute Gasteiger partial charge is 0.319 e. The van der Waals surface area contributed by atoms with E-state index in [1.165, 1.54) is 23.7 Å². The molecule has 158 valence electrons. The maximum absolute atomic E-state index is 13.0. The van der Waals surface area contributed by atoms with Crippen LogP contribution >= 0.6 is 15.9 Å². The fourth-order valence-electron chi connectivity index (χ4n) is 2.73. The first-order chi connectivity index (χ1) is 14.2. The van der Waals surface area contributed by atoms with Crippen LogP contribution in [0.3, 0.4) is 0 Å². The second-order valence-corrected chi connectivity index (χ2v) is 7.09. The van der Waals surface area contributed by atoms with E-state index in [9.17, 15) is 28.1 Å². The number of benzene rings is 1. The summed E-state index contributed by atoms with van der Waals surface area (Å²) in [4.78, 5) is 22.4. The Morgan fingerprint density at radius 3 is 2.53 bits per heavy atom. The molecule has 1 aromatic carbocycles. The molecular formula is C17H14BrF3N6O3. The standard InChI is InChI=1S/C17H14BrF3N6O3/c1-9-15(27(29)30)14(16(20)21)23-26(9)8-13(28)22-17-12(18)7-25(24-17)6-10-2-4-11(19)5-3-10/h2-5,7,16H,6,8H2,1H3,(H,22,24,28). The van der Waals surface area contributed by atoms with Gasteiger partial charge in [-0.25, -0.2) is 13.2 Å². The highest BCUT2D eigenvalue weighted by Gasteiger charge is 2.31. The molecule has 1 N–H and O–H groups in total. The smallest absolute Gasteiger partial charge is 0.307 e. The van der Waals surface area contributed by atoms with Gasteiger partial charge in [-0.15, -0.1) is 0 Å². The van der Waals surface area contributed by atoms with Crippen molar-refractivity contribution in [2.24, 2.45) is 0 Å². The normalized spacial score (nSPS) is 11.1. The fourth-order valence-corrected chi connectivity index (χ4v) is 3.15. The first-order valence-corrected chi connectivity index (χ1v) is 9.22. The highest BCUT2D eigenvalue weighted by molar-refractivity contribution is 9.10. The predicted molar refractivity (Wildman–Crippen MR) is 103 cm³/mol. The van der Waals surface area contributed by atoms with E-state index in [2.05, 4.69) is 31.4 Å². The van der Waals surface area contributed by atoms with Gasteiger partial charge in [-0.05, 0) is 40.5 Å². The summed E-state index contributed by atoms with van der Waals surface area (Å²) in [7, 11) is 0. The lowest BCUT2D eigenvalue weighted by Gasteiger charge is -2.05. The summed E-state index contributed by atoms with van der Waals surface area (Å²) in [5.74, 6) is -0.864. The Labute approximate surface area is 175 Å². The van der Waals surface area contributed by atoms with Crippen molar-refractivity contribution in [3.8, 4) is 0 Å². The lowest BCUT2D eigenvalue weighted by molar-refractivity contribution is -0.386. The molecule has 0 bridgehead atoms. The number of nitrogens with zero attached hydrogens (tertiary/aromatic N) is 5. The van der Waals surface area contributed by atoms with E-state index in [0.717, 1.165) is 10.2 Å². The molecule has 0 aliphatic carbocycles. The van der Waals surface area contributed by atoms with Crippen molar-refractivity contribution in [3.05, 3.63) is 67.8 Å². The van der Waals surface area contributed by atoms with Crippen LogP contribution in [-0.4, -0.2) is 30.4 Å². The summed E-state index contributed by atoms with van der Waals surface area (Å²) in [5, 5.41) is 21.2. The van der Waals surface area contributed by atoms with E-state index in [0.29, 0.717) is 11.0 Å². The number of alkyl halides is 2. The maximum atomic E-state index is 13.0. The minimum Gasteiger partial charge on any atom is -0.307 e. The molecule has 2 heterocycles. The Balaban J connectivity index is 1.72. The van der Waals surface area contributed by atoms with Gasteiger partial charge in [0, 0.05) is 6.20 Å². The van der Waals surface area contributed by atoms with Crippen molar-refractivity contribution in [2.45, 2.75) is 26.4 Å². The molecule has 0 aliphatic rings. The Morgan fingerprint density at radius 1 is 1.30 bits per heavy atom. The maximum Gasteiger partial charge on any atom is 0.319 e. The SMILES string of the molecule is Cc1c([N+](=O)[O-])c(C(F)F)nn1CC(=O)Nc1nn(Cc2ccc(F)cc2)cc1Br. The van der Waals surface area contributed by atoms with Crippen LogP contribution in [0.1, 0.15) is 23.4 Å². The molecule has 0 fully saturated rings. The highest BCUT2D eigenvalue weighted by atomic mass is 79.9. The molecule has 13 heteroatoms. The number of hydrogen-bond donors (Lipinski definition) is 1. The van der Waals surface area contributed by atoms with E-state index in [4.69, 9.17) is 0 Å². The van der Waals surface area contributed by atoms with Crippen LogP contribution in [0, 0.1) is 22.9 Å². The Hall–Kier alpha value is -3.22. The van der Waals surface area contributed by atoms with Gasteiger partial charge in [-0.2, -0.15) is 10.2 Å². The lowest BCUT2D eigenvalue weighted by Crippen LogP contribution is -2.21. The molecular weight excluding hydrogens is 473 g/mol. The van der Waals surface area contributed by atoms with Gasteiger partial charge in [0.2, 0.25) is 11.6 Å². The van der Waals surface area contributed by atoms with Crippen molar-refractivity contribution < 1.29 is 22.9 Å². The summed E-state index contributed by atoms with van der Waals surface area (Å²) in [6.07, 6.45) is -1.55. The zero-order chi connectivity index (χ0) is 22.0. The van der Waals surface area contributed by atoms with Gasteiger partial charge in [0.15, 0.2) is 5.82 Å². The molecule has 3 rings (SSSR count). The van der Waals surface area contributed by atoms with Gasteiger partial charge in [0.1, 0.15) is 18.1 Å². The van der Waals surface area contributed by atoms with Crippen LogP contribution in [-0.2, 0) is 17.9 Å². The van der Waals surface area contributed by atoms with E-state index in [-0.39, 0.29) is 17.3 Å². The van der Waals surface area contributed by atoms with Gasteiger partial charge in [0.05, 0.1) is 15.9 Å². The van der Waals surface area contributed by atoms with E-state index in [1.807, 2.05) is 0 Å². The van der Waals surface area contributed by atoms with Gasteiger partial charge in [-0.1, -0.05) is 12.1 Å². The third kappa shape index (κ3) is 4.67. The first kappa shape index (κ1) is 21.5. The zero-order valence-corrected chi connectivity index (χ0v) is 16.9. The van der Waals surface area contributed by atoms with Crippen molar-refractivity contribution in [2.75, 3.05) is 5.32 Å². The monoisotopic (exact) mass is 486 g/mol. The number of rotatable bonds is 7. The van der Waals surface area contributed by atoms with Crippen LogP contribution in [0.4, 0.5) is 24.7 Å². The summed E-state index contributed by atoms with van der Waals surface area (Å²) < 4.78 is 41.8. The number of hydrogen-bond acceptors (Lipinski definition) is 5. The molecule has 0 aliphatic heterocycles. The summed E-state index contributed by atoms with van der Waals surface area (Å²) in [6.45, 7) is 1.03. The van der Waals surface area contributed by atoms with Gasteiger partial charge < -0.3 is 5.32 Å². The van der Waals surface area contributed by atoms with Crippen LogP contribution in [0.2, 0.25) is 0 Å². The summed E-state index contributed by atoms with van der Waals surface area (Å²) in [5.41, 5.74) is -1.19. The molecule has 1 amide bonds. The number of nitrogens with one attached hydrogen (secondary N) is 1. The number of nitro groups is 1. The number of halogens is 4. The minimum atomic E-state index is -3.15. The Morgan fingerprint density at radius 2 is 1.97 bits per heavy atom. The molecule has 30 heavy (non-hydrogen) atoms. The molecule has 0 spiro atoms. The third-order valence-corrected chi connectivity index (χ3v) is 4.70. The van der Waals surface area contributed by atoms with E-state index < -0.39 is 35.2 Å². The lowest BCUT2D eigenvalue weighted by atomic mass is 10.2. The molecule has 0 saturated heterocycles. The first-order valence-electron chi connectivity index (χ1n) is 8.42. The van der Waals surface area contributed by atoms with Crippen LogP contribution in [0.15, 0.2) is 34.9 Å². The Bertz CT molecular complexity index is 1100. The quantitative estimate of drug-likeness (QED) is 0.403. The number of carbonyl (C=O) groups excluding carboxylic acids is 1. The van der Waals surface area contributed by atoms with Crippen molar-refractivity contribution in [1.82, 2.24) is 19.6 Å². The number of amides is 1. The van der Waals surface area contributed by atoms with Crippen LogP contribution in [0.25, 0.3) is 0 Å². The van der Waals surface area contributed by atoms with Crippen molar-refractivity contribution >= 4 is 33.3 Å². The third-order valence-electron chi connectivity index (χ3n) is 4.12. The summed E-state index contributed by atoms with van der Waals surface area (Å²) in [6, 6.07) is 5.82. The predicted octanol–water partition coefficient (Wildman–Crippen LogP) is 3.82. The number of aromatic nitrogens is 4. The fraction of sp³-hybridized carbons (Fsp3) is 0.235. The summed E-state index contributed by atoms with van der Waals surface area (Å²) >= 11 is 3.26. The molecule has 0 unspecified atom stereocenters. The van der Waals surface area contributed by atoms with Gasteiger partial charge >= 0.3 is 5.69 Å². The molecule has 9 nitrogen and oxygen atoms in total. The van der Waals surface area contributed by atoms with E-state index in [1.54, 1.807) is 18.3 Å². The average molecular weight is 487 g/mol. The van der Waals surface area contributed by atoms with Gasteiger partial charge in [-0.3, -0.25) is 24.3 Å². The average Bonchev–Trinajstić information content (AvgIpc) is 3.17. The minimum absolute atomic E-state index is 0.161. The molecule has 3 aromatic rings.